The van der Waals surface area contributed by atoms with E-state index in [2.05, 4.69) is 14.0 Å². The van der Waals surface area contributed by atoms with Crippen molar-refractivity contribution in [2.75, 3.05) is 39.8 Å². The van der Waals surface area contributed by atoms with Gasteiger partial charge in [-0.05, 0) is 6.92 Å². The lowest BCUT2D eigenvalue weighted by Gasteiger charge is -2.41. The predicted molar refractivity (Wildman–Crippen MR) is 53.3 cm³/mol. The molecule has 1 rings (SSSR count). The second-order valence-electron chi connectivity index (χ2n) is 4.12. The number of hydrogen-bond donors (Lipinski definition) is 0. The Morgan fingerprint density at radius 3 is 2.23 bits per heavy atom. The number of likely N-dealkylation sites (N-methyl/N-ethyl adjacent to an activating group) is 1. The quantitative estimate of drug-likeness (QED) is 0.580. The molecule has 1 aliphatic heterocycles. The molecule has 76 valence electrons. The maximum absolute atomic E-state index is 11.4. The number of carbonyl (C=O) groups is 1. The first kappa shape index (κ1) is 10.5. The van der Waals surface area contributed by atoms with Gasteiger partial charge in [0.1, 0.15) is 0 Å². The Bertz CT molecular complexity index is 183. The zero-order chi connectivity index (χ0) is 9.90. The van der Waals surface area contributed by atoms with E-state index >= 15 is 0 Å². The van der Waals surface area contributed by atoms with Gasteiger partial charge in [-0.2, -0.15) is 0 Å². The number of hydrogen-bond acceptors (Lipinski definition) is 1. The smallest absolute Gasteiger partial charge is 0.222 e. The first-order valence-corrected chi connectivity index (χ1v) is 5.22. The lowest BCUT2D eigenvalue weighted by molar-refractivity contribution is -0.911. The van der Waals surface area contributed by atoms with Gasteiger partial charge in [-0.1, -0.05) is 6.92 Å². The Hall–Kier alpha value is -0.570. The van der Waals surface area contributed by atoms with Gasteiger partial charge in [0.15, 0.2) is 0 Å². The van der Waals surface area contributed by atoms with E-state index in [4.69, 9.17) is 0 Å². The molecular formula is C10H21N2O+. The number of carbonyl (C=O) groups excluding carboxylic acids is 1. The molecule has 1 aliphatic rings. The van der Waals surface area contributed by atoms with Gasteiger partial charge in [-0.25, -0.2) is 0 Å². The molecular weight excluding hydrogens is 164 g/mol. The summed E-state index contributed by atoms with van der Waals surface area (Å²) in [5.41, 5.74) is 0. The number of quaternary nitrogens is 1. The summed E-state index contributed by atoms with van der Waals surface area (Å²) in [6, 6.07) is 0. The van der Waals surface area contributed by atoms with Crippen LogP contribution in [0.4, 0.5) is 0 Å². The summed E-state index contributed by atoms with van der Waals surface area (Å²) in [4.78, 5) is 13.4. The molecule has 0 bridgehead atoms. The summed E-state index contributed by atoms with van der Waals surface area (Å²) < 4.78 is 1.12. The highest BCUT2D eigenvalue weighted by Crippen LogP contribution is 2.10. The van der Waals surface area contributed by atoms with Gasteiger partial charge in [-0.3, -0.25) is 4.79 Å². The molecule has 0 radical (unpaired) electrons. The lowest BCUT2D eigenvalue weighted by atomic mass is 10.2. The van der Waals surface area contributed by atoms with E-state index in [1.165, 1.54) is 6.54 Å². The molecule has 13 heavy (non-hydrogen) atoms. The SMILES string of the molecule is CCC(=O)N1CC[N+](C)(CC)CC1. The molecule has 1 amide bonds. The first-order valence-electron chi connectivity index (χ1n) is 5.22. The Balaban J connectivity index is 2.43. The summed E-state index contributed by atoms with van der Waals surface area (Å²) >= 11 is 0. The van der Waals surface area contributed by atoms with E-state index in [1.807, 2.05) is 11.8 Å². The van der Waals surface area contributed by atoms with Crippen molar-refractivity contribution in [1.82, 2.24) is 4.90 Å². The second-order valence-corrected chi connectivity index (χ2v) is 4.12. The third kappa shape index (κ3) is 2.44. The topological polar surface area (TPSA) is 20.3 Å². The molecule has 1 saturated heterocycles. The minimum atomic E-state index is 0.308. The summed E-state index contributed by atoms with van der Waals surface area (Å²) in [6.45, 7) is 9.44. The Morgan fingerprint density at radius 1 is 1.31 bits per heavy atom. The molecule has 0 aromatic rings. The minimum absolute atomic E-state index is 0.308. The third-order valence-electron chi connectivity index (χ3n) is 3.24. The fraction of sp³-hybridized carbons (Fsp3) is 0.900. The molecule has 1 fully saturated rings. The van der Waals surface area contributed by atoms with E-state index < -0.39 is 0 Å². The van der Waals surface area contributed by atoms with Gasteiger partial charge in [0.25, 0.3) is 0 Å². The summed E-state index contributed by atoms with van der Waals surface area (Å²) in [7, 11) is 2.27. The van der Waals surface area contributed by atoms with E-state index in [0.29, 0.717) is 12.3 Å². The molecule has 3 heteroatoms. The van der Waals surface area contributed by atoms with Crippen molar-refractivity contribution in [1.29, 1.82) is 0 Å². The highest BCUT2D eigenvalue weighted by molar-refractivity contribution is 5.75. The molecule has 0 aromatic carbocycles. The van der Waals surface area contributed by atoms with E-state index in [0.717, 1.165) is 30.7 Å². The fourth-order valence-corrected chi connectivity index (χ4v) is 1.74. The molecule has 0 unspecified atom stereocenters. The second kappa shape index (κ2) is 4.09. The van der Waals surface area contributed by atoms with Crippen molar-refractivity contribution in [2.45, 2.75) is 20.3 Å². The lowest BCUT2D eigenvalue weighted by Crippen LogP contribution is -2.58. The van der Waals surface area contributed by atoms with E-state index in [-0.39, 0.29) is 0 Å². The van der Waals surface area contributed by atoms with Gasteiger partial charge in [-0.15, -0.1) is 0 Å². The number of piperazine rings is 1. The van der Waals surface area contributed by atoms with E-state index in [9.17, 15) is 4.79 Å². The highest BCUT2D eigenvalue weighted by Gasteiger charge is 2.28. The largest absolute Gasteiger partial charge is 0.331 e. The molecule has 0 atom stereocenters. The van der Waals surface area contributed by atoms with Crippen molar-refractivity contribution < 1.29 is 9.28 Å². The average Bonchev–Trinajstić information content (AvgIpc) is 2.18. The van der Waals surface area contributed by atoms with Crippen LogP contribution in [0.25, 0.3) is 0 Å². The summed E-state index contributed by atoms with van der Waals surface area (Å²) in [5, 5.41) is 0. The molecule has 1 heterocycles. The van der Waals surface area contributed by atoms with Crippen molar-refractivity contribution >= 4 is 5.91 Å². The van der Waals surface area contributed by atoms with Crippen LogP contribution in [0.2, 0.25) is 0 Å². The predicted octanol–water partition coefficient (Wildman–Crippen LogP) is 0.705. The van der Waals surface area contributed by atoms with Crippen LogP contribution in [0.3, 0.4) is 0 Å². The van der Waals surface area contributed by atoms with Crippen LogP contribution in [0.15, 0.2) is 0 Å². The summed E-state index contributed by atoms with van der Waals surface area (Å²) in [5.74, 6) is 0.308. The molecule has 0 aliphatic carbocycles. The van der Waals surface area contributed by atoms with Crippen molar-refractivity contribution in [2.24, 2.45) is 0 Å². The number of rotatable bonds is 2. The van der Waals surface area contributed by atoms with Crippen molar-refractivity contribution in [3.8, 4) is 0 Å². The van der Waals surface area contributed by atoms with Crippen LogP contribution < -0.4 is 0 Å². The Kier molecular flexibility index (Phi) is 3.31. The highest BCUT2D eigenvalue weighted by atomic mass is 16.2. The minimum Gasteiger partial charge on any atom is -0.331 e. The van der Waals surface area contributed by atoms with Crippen molar-refractivity contribution in [3.63, 3.8) is 0 Å². The molecule has 0 N–H and O–H groups in total. The third-order valence-corrected chi connectivity index (χ3v) is 3.24. The first-order chi connectivity index (χ1) is 6.11. The Morgan fingerprint density at radius 2 is 1.85 bits per heavy atom. The van der Waals surface area contributed by atoms with Gasteiger partial charge >= 0.3 is 0 Å². The van der Waals surface area contributed by atoms with Crippen LogP contribution in [-0.2, 0) is 4.79 Å². The van der Waals surface area contributed by atoms with Gasteiger partial charge in [0, 0.05) is 6.42 Å². The summed E-state index contributed by atoms with van der Waals surface area (Å²) in [6.07, 6.45) is 0.649. The number of amides is 1. The zero-order valence-corrected chi connectivity index (χ0v) is 9.05. The van der Waals surface area contributed by atoms with E-state index in [1.54, 1.807) is 0 Å². The van der Waals surface area contributed by atoms with Crippen LogP contribution >= 0.6 is 0 Å². The van der Waals surface area contributed by atoms with Crippen LogP contribution in [0.5, 0.6) is 0 Å². The maximum atomic E-state index is 11.4. The van der Waals surface area contributed by atoms with Gasteiger partial charge in [0.05, 0.1) is 39.8 Å². The molecule has 0 saturated carbocycles. The van der Waals surface area contributed by atoms with Gasteiger partial charge in [0.2, 0.25) is 5.91 Å². The Labute approximate surface area is 80.9 Å². The normalized spacial score (nSPS) is 21.6. The number of nitrogens with zero attached hydrogens (tertiary/aromatic N) is 2. The van der Waals surface area contributed by atoms with Crippen molar-refractivity contribution in [3.05, 3.63) is 0 Å². The standard InChI is InChI=1S/C10H21N2O/c1-4-10(13)11-6-8-12(3,5-2)9-7-11/h4-9H2,1-3H3/q+1. The average molecular weight is 185 g/mol. The van der Waals surface area contributed by atoms with Crippen LogP contribution in [0.1, 0.15) is 20.3 Å². The maximum Gasteiger partial charge on any atom is 0.222 e. The fourth-order valence-electron chi connectivity index (χ4n) is 1.74. The molecule has 3 nitrogen and oxygen atoms in total. The van der Waals surface area contributed by atoms with Crippen LogP contribution in [-0.4, -0.2) is 55.1 Å². The molecule has 0 spiro atoms. The van der Waals surface area contributed by atoms with Crippen LogP contribution in [0, 0.1) is 0 Å². The molecule has 0 aromatic heterocycles. The zero-order valence-electron chi connectivity index (χ0n) is 9.05. The van der Waals surface area contributed by atoms with Gasteiger partial charge < -0.3 is 9.38 Å². The monoisotopic (exact) mass is 185 g/mol.